The molecule has 1 aliphatic carbocycles. The Morgan fingerprint density at radius 1 is 1.26 bits per heavy atom. The summed E-state index contributed by atoms with van der Waals surface area (Å²) in [6, 6.07) is 4.37. The molecule has 0 spiro atoms. The van der Waals surface area contributed by atoms with Crippen molar-refractivity contribution in [3.8, 4) is 11.4 Å². The Bertz CT molecular complexity index is 1140. The maximum Gasteiger partial charge on any atom is 0.410 e. The van der Waals surface area contributed by atoms with Crippen molar-refractivity contribution in [1.29, 1.82) is 0 Å². The second kappa shape index (κ2) is 9.65. The number of ether oxygens (including phenoxy) is 2. The van der Waals surface area contributed by atoms with E-state index in [1.54, 1.807) is 24.0 Å². The zero-order chi connectivity index (χ0) is 24.5. The summed E-state index contributed by atoms with van der Waals surface area (Å²) in [5.74, 6) is 0.364. The van der Waals surface area contributed by atoms with Crippen LogP contribution in [0.25, 0.3) is 11.4 Å². The van der Waals surface area contributed by atoms with Crippen LogP contribution in [0.2, 0.25) is 0 Å². The fourth-order valence-corrected chi connectivity index (χ4v) is 4.34. The lowest BCUT2D eigenvalue weighted by Crippen LogP contribution is -2.44. The minimum Gasteiger partial charge on any atom is -0.450 e. The molecule has 10 nitrogen and oxygen atoms in total. The van der Waals surface area contributed by atoms with E-state index in [9.17, 15) is 9.59 Å². The molecular formula is C24H29FN6O4. The fraction of sp³-hybridized carbons (Fsp3) is 0.500. The molecule has 0 radical (unpaired) electrons. The zero-order valence-corrected chi connectivity index (χ0v) is 19.8. The van der Waals surface area contributed by atoms with Crippen LogP contribution >= 0.6 is 0 Å². The van der Waals surface area contributed by atoms with Gasteiger partial charge in [-0.2, -0.15) is 0 Å². The van der Waals surface area contributed by atoms with E-state index in [4.69, 9.17) is 14.5 Å². The lowest BCUT2D eigenvalue weighted by Gasteiger charge is -2.35. The number of carbonyl (C=O) groups excluding carboxylic acids is 2. The van der Waals surface area contributed by atoms with Gasteiger partial charge in [-0.25, -0.2) is 23.9 Å². The van der Waals surface area contributed by atoms with Crippen LogP contribution in [-0.2, 0) is 22.6 Å². The summed E-state index contributed by atoms with van der Waals surface area (Å²) in [5.41, 5.74) is 2.08. The number of rotatable bonds is 5. The standard InChI is InChI=1S/C24H29FN6O4/c1-3-35-24(33)30-11-18-20(12-30)28-21(29-22(18)31-8-9-34-13-14(31)2)17-7-6-16(10-19(17)25)27-23(32)26-15-4-5-15/h6-7,10,14-15H,3-5,8-9,11-13H2,1-2H3,(H2,26,27,32). The molecule has 3 amide bonds. The van der Waals surface area contributed by atoms with Crippen LogP contribution in [0, 0.1) is 5.82 Å². The van der Waals surface area contributed by atoms with Gasteiger partial charge >= 0.3 is 12.1 Å². The lowest BCUT2D eigenvalue weighted by molar-refractivity contribution is 0.0980. The molecule has 1 saturated heterocycles. The van der Waals surface area contributed by atoms with Gasteiger partial charge in [0.25, 0.3) is 0 Å². The van der Waals surface area contributed by atoms with E-state index in [0.717, 1.165) is 18.4 Å². The molecule has 2 fully saturated rings. The Morgan fingerprint density at radius 2 is 2.09 bits per heavy atom. The number of nitrogens with zero attached hydrogens (tertiary/aromatic N) is 4. The van der Waals surface area contributed by atoms with Crippen molar-refractivity contribution in [1.82, 2.24) is 20.2 Å². The van der Waals surface area contributed by atoms with E-state index >= 15 is 4.39 Å². The minimum atomic E-state index is -0.546. The maximum atomic E-state index is 15.2. The van der Waals surface area contributed by atoms with Gasteiger partial charge in [0.15, 0.2) is 5.82 Å². The van der Waals surface area contributed by atoms with Gasteiger partial charge in [0.1, 0.15) is 11.6 Å². The fourth-order valence-electron chi connectivity index (χ4n) is 4.34. The van der Waals surface area contributed by atoms with Gasteiger partial charge in [-0.15, -0.1) is 0 Å². The molecule has 1 saturated carbocycles. The molecule has 3 heterocycles. The Balaban J connectivity index is 1.46. The van der Waals surface area contributed by atoms with Crippen molar-refractivity contribution in [2.45, 2.75) is 51.9 Å². The Labute approximate surface area is 202 Å². The Hall–Kier alpha value is -3.47. The number of morpholine rings is 1. The normalized spacial score (nSPS) is 19.3. The zero-order valence-electron chi connectivity index (χ0n) is 19.8. The predicted octanol–water partition coefficient (Wildman–Crippen LogP) is 3.26. The van der Waals surface area contributed by atoms with Crippen LogP contribution in [0.5, 0.6) is 0 Å². The van der Waals surface area contributed by atoms with Crippen molar-refractivity contribution >= 4 is 23.6 Å². The van der Waals surface area contributed by atoms with Gasteiger partial charge in [0, 0.05) is 23.8 Å². The van der Waals surface area contributed by atoms with Crippen molar-refractivity contribution in [2.24, 2.45) is 0 Å². The molecule has 2 aliphatic heterocycles. The number of amides is 3. The summed E-state index contributed by atoms with van der Waals surface area (Å²) in [4.78, 5) is 37.5. The first-order chi connectivity index (χ1) is 16.9. The molecular weight excluding hydrogens is 455 g/mol. The summed E-state index contributed by atoms with van der Waals surface area (Å²) in [6.45, 7) is 6.40. The number of fused-ring (bicyclic) bond motifs is 1. The smallest absolute Gasteiger partial charge is 0.410 e. The quantitative estimate of drug-likeness (QED) is 0.671. The molecule has 0 bridgehead atoms. The highest BCUT2D eigenvalue weighted by Gasteiger charge is 2.33. The number of hydrogen-bond donors (Lipinski definition) is 2. The topological polar surface area (TPSA) is 109 Å². The van der Waals surface area contributed by atoms with Gasteiger partial charge in [-0.1, -0.05) is 0 Å². The largest absolute Gasteiger partial charge is 0.450 e. The van der Waals surface area contributed by atoms with E-state index < -0.39 is 11.9 Å². The number of benzene rings is 1. The number of hydrogen-bond acceptors (Lipinski definition) is 7. The number of carbonyl (C=O) groups is 2. The highest BCUT2D eigenvalue weighted by atomic mass is 19.1. The molecule has 3 aliphatic rings. The number of anilines is 2. The molecule has 1 unspecified atom stereocenters. The van der Waals surface area contributed by atoms with E-state index in [1.165, 1.54) is 6.07 Å². The van der Waals surface area contributed by atoms with Gasteiger partial charge < -0.3 is 25.0 Å². The summed E-state index contributed by atoms with van der Waals surface area (Å²) in [6.07, 6.45) is 1.52. The van der Waals surface area contributed by atoms with E-state index in [-0.39, 0.29) is 42.7 Å². The molecule has 186 valence electrons. The van der Waals surface area contributed by atoms with E-state index in [0.29, 0.717) is 43.5 Å². The maximum absolute atomic E-state index is 15.2. The van der Waals surface area contributed by atoms with Crippen molar-refractivity contribution in [3.05, 3.63) is 35.3 Å². The highest BCUT2D eigenvalue weighted by Crippen LogP contribution is 2.34. The van der Waals surface area contributed by atoms with Crippen LogP contribution in [0.3, 0.4) is 0 Å². The van der Waals surface area contributed by atoms with Crippen molar-refractivity contribution in [2.75, 3.05) is 36.6 Å². The predicted molar refractivity (Wildman–Crippen MR) is 126 cm³/mol. The minimum absolute atomic E-state index is 0.0636. The molecule has 1 atom stereocenters. The second-order valence-electron chi connectivity index (χ2n) is 9.04. The molecule has 2 N–H and O–H groups in total. The average molecular weight is 485 g/mol. The summed E-state index contributed by atoms with van der Waals surface area (Å²) in [7, 11) is 0. The van der Waals surface area contributed by atoms with Crippen LogP contribution in [0.4, 0.5) is 25.5 Å². The lowest BCUT2D eigenvalue weighted by atomic mass is 10.1. The third kappa shape index (κ3) is 5.00. The first-order valence-corrected chi connectivity index (χ1v) is 12.0. The van der Waals surface area contributed by atoms with E-state index in [1.807, 2.05) is 6.92 Å². The number of nitrogens with one attached hydrogen (secondary N) is 2. The van der Waals surface area contributed by atoms with Gasteiger partial charge in [-0.3, -0.25) is 4.90 Å². The third-order valence-corrected chi connectivity index (χ3v) is 6.31. The van der Waals surface area contributed by atoms with Crippen LogP contribution in [0.1, 0.15) is 37.9 Å². The molecule has 1 aromatic carbocycles. The summed E-state index contributed by atoms with van der Waals surface area (Å²) in [5, 5.41) is 5.47. The van der Waals surface area contributed by atoms with E-state index in [2.05, 4.69) is 20.5 Å². The van der Waals surface area contributed by atoms with Crippen molar-refractivity contribution in [3.63, 3.8) is 0 Å². The first-order valence-electron chi connectivity index (χ1n) is 12.0. The monoisotopic (exact) mass is 484 g/mol. The highest BCUT2D eigenvalue weighted by molar-refractivity contribution is 5.90. The number of halogens is 1. The molecule has 35 heavy (non-hydrogen) atoms. The van der Waals surface area contributed by atoms with Gasteiger partial charge in [-0.05, 0) is 44.9 Å². The third-order valence-electron chi connectivity index (χ3n) is 6.31. The van der Waals surface area contributed by atoms with Crippen LogP contribution < -0.4 is 15.5 Å². The summed E-state index contributed by atoms with van der Waals surface area (Å²) >= 11 is 0. The Morgan fingerprint density at radius 3 is 2.80 bits per heavy atom. The van der Waals surface area contributed by atoms with Gasteiger partial charge in [0.2, 0.25) is 0 Å². The van der Waals surface area contributed by atoms with Gasteiger partial charge in [0.05, 0.1) is 50.2 Å². The molecule has 2 aromatic rings. The average Bonchev–Trinajstić information content (AvgIpc) is 3.53. The Kier molecular flexibility index (Phi) is 6.42. The second-order valence-corrected chi connectivity index (χ2v) is 9.04. The molecule has 1 aromatic heterocycles. The molecule has 5 rings (SSSR count). The number of aromatic nitrogens is 2. The van der Waals surface area contributed by atoms with Crippen LogP contribution in [0.15, 0.2) is 18.2 Å². The number of urea groups is 1. The SMILES string of the molecule is CCOC(=O)N1Cc2nc(-c3ccc(NC(=O)NC4CC4)cc3F)nc(N3CCOCC3C)c2C1. The molecule has 11 heteroatoms. The summed E-state index contributed by atoms with van der Waals surface area (Å²) < 4.78 is 26.0. The first kappa shape index (κ1) is 23.3. The van der Waals surface area contributed by atoms with Crippen molar-refractivity contribution < 1.29 is 23.5 Å². The van der Waals surface area contributed by atoms with Crippen LogP contribution in [-0.4, -0.2) is 65.4 Å².